The van der Waals surface area contributed by atoms with E-state index >= 15 is 0 Å². The number of phenolic OH excluding ortho intramolecular Hbond substituents is 1. The number of rotatable bonds is 4. The summed E-state index contributed by atoms with van der Waals surface area (Å²) in [5.74, 6) is 0.250. The molecule has 2 rings (SSSR count). The second-order valence-corrected chi connectivity index (χ2v) is 5.34. The number of aromatic hydroxyl groups is 1. The van der Waals surface area contributed by atoms with E-state index in [4.69, 9.17) is 0 Å². The summed E-state index contributed by atoms with van der Waals surface area (Å²) >= 11 is 1.52. The van der Waals surface area contributed by atoms with E-state index in [-0.39, 0.29) is 5.75 Å². The van der Waals surface area contributed by atoms with Crippen LogP contribution in [0, 0.1) is 0 Å². The molecule has 1 aromatic heterocycles. The van der Waals surface area contributed by atoms with Crippen molar-refractivity contribution in [2.75, 3.05) is 0 Å². The zero-order valence-corrected chi connectivity index (χ0v) is 12.4. The van der Waals surface area contributed by atoms with Crippen molar-refractivity contribution in [3.8, 4) is 17.0 Å². The molecule has 5 heteroatoms. The highest BCUT2D eigenvalue weighted by Gasteiger charge is 2.07. The van der Waals surface area contributed by atoms with Crippen molar-refractivity contribution in [3.05, 3.63) is 47.1 Å². The van der Waals surface area contributed by atoms with Gasteiger partial charge in [-0.25, -0.2) is 0 Å². The van der Waals surface area contributed by atoms with Gasteiger partial charge in [-0.2, -0.15) is 5.10 Å². The molecule has 0 fully saturated rings. The van der Waals surface area contributed by atoms with E-state index in [1.165, 1.54) is 11.3 Å². The number of hydrogen-bond acceptors (Lipinski definition) is 4. The maximum absolute atomic E-state index is 9.61. The Labute approximate surface area is 122 Å². The summed E-state index contributed by atoms with van der Waals surface area (Å²) < 4.78 is 2.03. The summed E-state index contributed by atoms with van der Waals surface area (Å²) in [6.45, 7) is 8.24. The van der Waals surface area contributed by atoms with Gasteiger partial charge in [0.25, 0.3) is 0 Å². The first kappa shape index (κ1) is 14.3. The van der Waals surface area contributed by atoms with Gasteiger partial charge in [0, 0.05) is 23.2 Å². The molecule has 1 heterocycles. The number of phenols is 1. The van der Waals surface area contributed by atoms with Gasteiger partial charge in [-0.3, -0.25) is 0 Å². The molecule has 0 aliphatic heterocycles. The normalized spacial score (nSPS) is 11.4. The Morgan fingerprint density at radius 3 is 2.90 bits per heavy atom. The second-order valence-electron chi connectivity index (χ2n) is 4.50. The summed E-state index contributed by atoms with van der Waals surface area (Å²) in [5.41, 5.74) is 2.85. The molecular weight excluding hydrogens is 270 g/mol. The molecule has 4 nitrogen and oxygen atoms in total. The topological polar surface area (TPSA) is 49.9 Å². The van der Waals surface area contributed by atoms with E-state index < -0.39 is 0 Å². The fraction of sp³-hybridized carbons (Fsp3) is 0.200. The van der Waals surface area contributed by atoms with E-state index in [1.54, 1.807) is 12.1 Å². The van der Waals surface area contributed by atoms with Crippen LogP contribution < -0.4 is 4.80 Å². The van der Waals surface area contributed by atoms with Gasteiger partial charge in [0.15, 0.2) is 0 Å². The summed E-state index contributed by atoms with van der Waals surface area (Å²) in [6, 6.07) is 7.18. The van der Waals surface area contributed by atoms with Crippen LogP contribution in [0.25, 0.3) is 11.3 Å². The first-order chi connectivity index (χ1) is 9.61. The first-order valence-electron chi connectivity index (χ1n) is 6.25. The molecule has 0 atom stereocenters. The second kappa shape index (κ2) is 6.34. The van der Waals surface area contributed by atoms with Gasteiger partial charge >= 0.3 is 0 Å². The number of aromatic nitrogens is 1. The van der Waals surface area contributed by atoms with Crippen molar-refractivity contribution in [2.24, 2.45) is 10.2 Å². The Kier molecular flexibility index (Phi) is 4.53. The monoisotopic (exact) mass is 287 g/mol. The van der Waals surface area contributed by atoms with Crippen molar-refractivity contribution < 1.29 is 5.11 Å². The van der Waals surface area contributed by atoms with Crippen molar-refractivity contribution >= 4 is 17.0 Å². The number of hydrogen-bond donors (Lipinski definition) is 1. The van der Waals surface area contributed by atoms with E-state index in [9.17, 15) is 5.11 Å². The molecule has 0 bridgehead atoms. The molecule has 104 valence electrons. The highest BCUT2D eigenvalue weighted by molar-refractivity contribution is 7.07. The fourth-order valence-electron chi connectivity index (χ4n) is 1.75. The Morgan fingerprint density at radius 2 is 2.25 bits per heavy atom. The highest BCUT2D eigenvalue weighted by Crippen LogP contribution is 2.23. The van der Waals surface area contributed by atoms with Gasteiger partial charge in [0.1, 0.15) is 5.75 Å². The van der Waals surface area contributed by atoms with Crippen molar-refractivity contribution in [2.45, 2.75) is 20.4 Å². The predicted molar refractivity (Wildman–Crippen MR) is 84.0 cm³/mol. The molecule has 0 amide bonds. The molecule has 0 spiro atoms. The molecular formula is C15H17N3OS. The lowest BCUT2D eigenvalue weighted by molar-refractivity contribution is 0.475. The number of benzene rings is 1. The average Bonchev–Trinajstić information content (AvgIpc) is 2.80. The molecule has 0 radical (unpaired) electrons. The smallest absolute Gasteiger partial charge is 0.211 e. The van der Waals surface area contributed by atoms with Crippen molar-refractivity contribution in [1.29, 1.82) is 0 Å². The third kappa shape index (κ3) is 3.24. The predicted octanol–water partition coefficient (Wildman–Crippen LogP) is 3.40. The van der Waals surface area contributed by atoms with E-state index in [0.29, 0.717) is 6.54 Å². The lowest BCUT2D eigenvalue weighted by Crippen LogP contribution is -2.14. The SMILES string of the molecule is C=CCn1c(-c2cccc(O)c2)cs/c1=N/N=C(C)C. The summed E-state index contributed by atoms with van der Waals surface area (Å²) in [5, 5.41) is 20.0. The van der Waals surface area contributed by atoms with Gasteiger partial charge in [-0.05, 0) is 26.0 Å². The van der Waals surface area contributed by atoms with Crippen LogP contribution in [0.2, 0.25) is 0 Å². The van der Waals surface area contributed by atoms with Crippen LogP contribution in [-0.2, 0) is 6.54 Å². The lowest BCUT2D eigenvalue weighted by Gasteiger charge is -2.06. The van der Waals surface area contributed by atoms with Crippen LogP contribution in [0.4, 0.5) is 0 Å². The summed E-state index contributed by atoms with van der Waals surface area (Å²) in [4.78, 5) is 0.810. The molecule has 0 saturated carbocycles. The van der Waals surface area contributed by atoms with E-state index in [2.05, 4.69) is 16.8 Å². The van der Waals surface area contributed by atoms with Crippen LogP contribution in [-0.4, -0.2) is 15.4 Å². The van der Waals surface area contributed by atoms with Crippen LogP contribution in [0.5, 0.6) is 5.75 Å². The Bertz CT molecular complexity index is 706. The highest BCUT2D eigenvalue weighted by atomic mass is 32.1. The molecule has 0 saturated heterocycles. The minimum Gasteiger partial charge on any atom is -0.508 e. The van der Waals surface area contributed by atoms with Gasteiger partial charge < -0.3 is 9.67 Å². The third-order valence-corrected chi connectivity index (χ3v) is 3.44. The van der Waals surface area contributed by atoms with Crippen molar-refractivity contribution in [1.82, 2.24) is 4.57 Å². The largest absolute Gasteiger partial charge is 0.508 e. The Hall–Kier alpha value is -2.14. The average molecular weight is 287 g/mol. The number of nitrogens with zero attached hydrogens (tertiary/aromatic N) is 3. The maximum atomic E-state index is 9.61. The molecule has 2 aromatic rings. The Morgan fingerprint density at radius 1 is 1.45 bits per heavy atom. The zero-order valence-electron chi connectivity index (χ0n) is 11.6. The molecule has 20 heavy (non-hydrogen) atoms. The van der Waals surface area contributed by atoms with Gasteiger partial charge in [0.05, 0.1) is 5.69 Å². The Balaban J connectivity index is 2.57. The van der Waals surface area contributed by atoms with Gasteiger partial charge in [-0.1, -0.05) is 18.2 Å². The minimum atomic E-state index is 0.250. The van der Waals surface area contributed by atoms with Gasteiger partial charge in [-0.15, -0.1) is 23.0 Å². The van der Waals surface area contributed by atoms with Crippen molar-refractivity contribution in [3.63, 3.8) is 0 Å². The molecule has 1 aromatic carbocycles. The number of allylic oxidation sites excluding steroid dienone is 1. The molecule has 1 N–H and O–H groups in total. The lowest BCUT2D eigenvalue weighted by atomic mass is 10.1. The summed E-state index contributed by atoms with van der Waals surface area (Å²) in [6.07, 6.45) is 1.82. The van der Waals surface area contributed by atoms with Crippen LogP contribution in [0.3, 0.4) is 0 Å². The molecule has 0 aliphatic carbocycles. The first-order valence-corrected chi connectivity index (χ1v) is 7.13. The molecule has 0 unspecified atom stereocenters. The zero-order chi connectivity index (χ0) is 14.5. The fourth-order valence-corrected chi connectivity index (χ4v) is 2.62. The van der Waals surface area contributed by atoms with E-state index in [0.717, 1.165) is 21.8 Å². The number of thiazole rings is 1. The van der Waals surface area contributed by atoms with Gasteiger partial charge in [0.2, 0.25) is 4.80 Å². The van der Waals surface area contributed by atoms with Crippen LogP contribution in [0.1, 0.15) is 13.8 Å². The van der Waals surface area contributed by atoms with E-state index in [1.807, 2.05) is 42.0 Å². The standard InChI is InChI=1S/C15H17N3OS/c1-4-8-18-14(12-6-5-7-13(19)9-12)10-20-15(18)17-16-11(2)3/h4-7,9-10,19H,1,8H2,2-3H3/b17-15+. The molecule has 0 aliphatic rings. The quantitative estimate of drug-likeness (QED) is 0.523. The third-order valence-electron chi connectivity index (χ3n) is 2.59. The minimum absolute atomic E-state index is 0.250. The maximum Gasteiger partial charge on any atom is 0.211 e. The summed E-state index contributed by atoms with van der Waals surface area (Å²) in [7, 11) is 0. The van der Waals surface area contributed by atoms with Crippen LogP contribution >= 0.6 is 11.3 Å². The van der Waals surface area contributed by atoms with Crippen LogP contribution in [0.15, 0.2) is 52.5 Å².